The lowest BCUT2D eigenvalue weighted by molar-refractivity contribution is 0.245. The molecule has 1 atom stereocenters. The van der Waals surface area contributed by atoms with Crippen molar-refractivity contribution in [2.24, 2.45) is 0 Å². The SMILES string of the molecule is CCC1CCCCN1S(=O)(=O)c1ncccc1F. The fourth-order valence-electron chi connectivity index (χ4n) is 2.37. The third-order valence-electron chi connectivity index (χ3n) is 3.32. The van der Waals surface area contributed by atoms with Crippen molar-refractivity contribution < 1.29 is 12.8 Å². The first kappa shape index (κ1) is 13.4. The van der Waals surface area contributed by atoms with E-state index in [1.807, 2.05) is 6.92 Å². The molecule has 0 amide bonds. The minimum atomic E-state index is -3.81. The van der Waals surface area contributed by atoms with Crippen LogP contribution in [0.15, 0.2) is 23.4 Å². The summed E-state index contributed by atoms with van der Waals surface area (Å²) in [6, 6.07) is 2.48. The highest BCUT2D eigenvalue weighted by Crippen LogP contribution is 2.26. The first-order valence-corrected chi connectivity index (χ1v) is 7.63. The largest absolute Gasteiger partial charge is 0.263 e. The second-order valence-electron chi connectivity index (χ2n) is 4.46. The van der Waals surface area contributed by atoms with E-state index in [9.17, 15) is 12.8 Å². The molecule has 0 bridgehead atoms. The zero-order valence-electron chi connectivity index (χ0n) is 10.3. The van der Waals surface area contributed by atoms with Crippen molar-refractivity contribution in [3.05, 3.63) is 24.1 Å². The Morgan fingerprint density at radius 2 is 2.28 bits per heavy atom. The zero-order valence-corrected chi connectivity index (χ0v) is 11.2. The number of halogens is 1. The fraction of sp³-hybridized carbons (Fsp3) is 0.583. The Hall–Kier alpha value is -1.01. The molecule has 4 nitrogen and oxygen atoms in total. The highest BCUT2D eigenvalue weighted by atomic mass is 32.2. The molecule has 1 fully saturated rings. The van der Waals surface area contributed by atoms with Crippen LogP contribution < -0.4 is 0 Å². The Morgan fingerprint density at radius 1 is 1.50 bits per heavy atom. The Morgan fingerprint density at radius 3 is 2.94 bits per heavy atom. The van der Waals surface area contributed by atoms with E-state index in [0.717, 1.165) is 31.7 Å². The lowest BCUT2D eigenvalue weighted by Crippen LogP contribution is -2.43. The maximum atomic E-state index is 13.6. The second-order valence-corrected chi connectivity index (χ2v) is 6.27. The van der Waals surface area contributed by atoms with Crippen LogP contribution in [0.1, 0.15) is 32.6 Å². The van der Waals surface area contributed by atoms with Crippen LogP contribution in [-0.2, 0) is 10.0 Å². The minimum Gasteiger partial charge on any atom is -0.241 e. The molecule has 1 aromatic heterocycles. The zero-order chi connectivity index (χ0) is 13.2. The summed E-state index contributed by atoms with van der Waals surface area (Å²) in [5.41, 5.74) is 0. The molecule has 0 aliphatic carbocycles. The van der Waals surface area contributed by atoms with Gasteiger partial charge in [-0.25, -0.2) is 17.8 Å². The monoisotopic (exact) mass is 272 g/mol. The van der Waals surface area contributed by atoms with Crippen molar-refractivity contribution in [3.8, 4) is 0 Å². The molecule has 0 N–H and O–H groups in total. The molecule has 0 aromatic carbocycles. The van der Waals surface area contributed by atoms with Crippen molar-refractivity contribution in [3.63, 3.8) is 0 Å². The van der Waals surface area contributed by atoms with Gasteiger partial charge < -0.3 is 0 Å². The summed E-state index contributed by atoms with van der Waals surface area (Å²) >= 11 is 0. The van der Waals surface area contributed by atoms with Gasteiger partial charge >= 0.3 is 0 Å². The minimum absolute atomic E-state index is 0.0369. The van der Waals surface area contributed by atoms with E-state index in [2.05, 4.69) is 4.98 Å². The van der Waals surface area contributed by atoms with E-state index in [1.165, 1.54) is 16.6 Å². The van der Waals surface area contributed by atoms with E-state index >= 15 is 0 Å². The molecule has 6 heteroatoms. The summed E-state index contributed by atoms with van der Waals surface area (Å²) in [4.78, 5) is 3.69. The molecule has 0 spiro atoms. The molecular weight excluding hydrogens is 255 g/mol. The van der Waals surface area contributed by atoms with Crippen LogP contribution >= 0.6 is 0 Å². The number of aromatic nitrogens is 1. The summed E-state index contributed by atoms with van der Waals surface area (Å²) in [6.45, 7) is 2.41. The Labute approximate surface area is 107 Å². The maximum absolute atomic E-state index is 13.6. The van der Waals surface area contributed by atoms with E-state index in [-0.39, 0.29) is 6.04 Å². The topological polar surface area (TPSA) is 50.3 Å². The van der Waals surface area contributed by atoms with Gasteiger partial charge in [0.15, 0.2) is 5.82 Å². The predicted octanol–water partition coefficient (Wildman–Crippen LogP) is 2.17. The molecular formula is C12H17FN2O2S. The van der Waals surface area contributed by atoms with Crippen LogP contribution in [0.2, 0.25) is 0 Å². The molecule has 100 valence electrons. The van der Waals surface area contributed by atoms with Crippen LogP contribution in [0.25, 0.3) is 0 Å². The lowest BCUT2D eigenvalue weighted by atomic mass is 10.0. The standard InChI is InChI=1S/C12H17FN2O2S/c1-2-10-6-3-4-9-15(10)18(16,17)12-11(13)7-5-8-14-12/h5,7-8,10H,2-4,6,9H2,1H3. The summed E-state index contributed by atoms with van der Waals surface area (Å²) in [5.74, 6) is -0.780. The van der Waals surface area contributed by atoms with Gasteiger partial charge in [-0.3, -0.25) is 0 Å². The summed E-state index contributed by atoms with van der Waals surface area (Å²) in [7, 11) is -3.81. The number of rotatable bonds is 3. The molecule has 0 saturated carbocycles. The first-order valence-electron chi connectivity index (χ1n) is 6.19. The third kappa shape index (κ3) is 2.40. The van der Waals surface area contributed by atoms with Gasteiger partial charge in [0.25, 0.3) is 10.0 Å². The van der Waals surface area contributed by atoms with Gasteiger partial charge in [0, 0.05) is 18.8 Å². The van der Waals surface area contributed by atoms with E-state index < -0.39 is 20.9 Å². The van der Waals surface area contributed by atoms with Gasteiger partial charge in [-0.2, -0.15) is 4.31 Å². The second kappa shape index (κ2) is 5.32. The number of nitrogens with zero attached hydrogens (tertiary/aromatic N) is 2. The van der Waals surface area contributed by atoms with Gasteiger partial charge in [-0.05, 0) is 31.4 Å². The molecule has 1 unspecified atom stereocenters. The summed E-state index contributed by atoms with van der Waals surface area (Å²) in [5, 5.41) is -0.453. The van der Waals surface area contributed by atoms with E-state index in [4.69, 9.17) is 0 Å². The Balaban J connectivity index is 2.39. The Bertz CT molecular complexity index is 519. The third-order valence-corrected chi connectivity index (χ3v) is 5.21. The van der Waals surface area contributed by atoms with E-state index in [1.54, 1.807) is 0 Å². The average molecular weight is 272 g/mol. The number of hydrogen-bond acceptors (Lipinski definition) is 3. The van der Waals surface area contributed by atoms with Crippen molar-refractivity contribution in [2.45, 2.75) is 43.7 Å². The van der Waals surface area contributed by atoms with E-state index in [0.29, 0.717) is 6.54 Å². The molecule has 1 aliphatic rings. The first-order chi connectivity index (χ1) is 8.57. The van der Waals surface area contributed by atoms with Crippen molar-refractivity contribution >= 4 is 10.0 Å². The highest BCUT2D eigenvalue weighted by molar-refractivity contribution is 7.89. The van der Waals surface area contributed by atoms with Gasteiger partial charge in [0.05, 0.1) is 0 Å². The quantitative estimate of drug-likeness (QED) is 0.847. The van der Waals surface area contributed by atoms with Crippen LogP contribution in [-0.4, -0.2) is 30.3 Å². The number of sulfonamides is 1. The van der Waals surface area contributed by atoms with Gasteiger partial charge in [0.2, 0.25) is 5.03 Å². The normalized spacial score (nSPS) is 22.0. The summed E-state index contributed by atoms with van der Waals surface area (Å²) < 4.78 is 39.8. The van der Waals surface area contributed by atoms with Crippen LogP contribution in [0.3, 0.4) is 0 Å². The smallest absolute Gasteiger partial charge is 0.241 e. The summed E-state index contributed by atoms with van der Waals surface area (Å²) in [6.07, 6.45) is 4.73. The highest BCUT2D eigenvalue weighted by Gasteiger charge is 2.34. The van der Waals surface area contributed by atoms with Crippen LogP contribution in [0.5, 0.6) is 0 Å². The van der Waals surface area contributed by atoms with Crippen LogP contribution in [0, 0.1) is 5.82 Å². The van der Waals surface area contributed by atoms with Gasteiger partial charge in [-0.15, -0.1) is 0 Å². The fourth-order valence-corrected chi connectivity index (χ4v) is 4.12. The van der Waals surface area contributed by atoms with Crippen molar-refractivity contribution in [2.75, 3.05) is 6.54 Å². The molecule has 1 aliphatic heterocycles. The maximum Gasteiger partial charge on any atom is 0.263 e. The van der Waals surface area contributed by atoms with Gasteiger partial charge in [-0.1, -0.05) is 13.3 Å². The number of pyridine rings is 1. The molecule has 1 saturated heterocycles. The molecule has 1 aromatic rings. The van der Waals surface area contributed by atoms with Crippen LogP contribution in [0.4, 0.5) is 4.39 Å². The van der Waals surface area contributed by atoms with Gasteiger partial charge in [0.1, 0.15) is 0 Å². The predicted molar refractivity (Wildman–Crippen MR) is 66.0 cm³/mol. The molecule has 2 rings (SSSR count). The molecule has 18 heavy (non-hydrogen) atoms. The number of piperidine rings is 1. The molecule has 2 heterocycles. The van der Waals surface area contributed by atoms with Crippen molar-refractivity contribution in [1.29, 1.82) is 0 Å². The lowest BCUT2D eigenvalue weighted by Gasteiger charge is -2.33. The molecule has 0 radical (unpaired) electrons. The number of hydrogen-bond donors (Lipinski definition) is 0. The average Bonchev–Trinajstić information content (AvgIpc) is 2.39. The Kier molecular flexibility index (Phi) is 3.97. The van der Waals surface area contributed by atoms with Crippen molar-refractivity contribution in [1.82, 2.24) is 9.29 Å².